The van der Waals surface area contributed by atoms with Gasteiger partial charge in [0, 0.05) is 18.5 Å². The first-order chi connectivity index (χ1) is 8.31. The molecule has 0 aliphatic carbocycles. The van der Waals surface area contributed by atoms with Crippen LogP contribution in [0.1, 0.15) is 11.1 Å². The van der Waals surface area contributed by atoms with Gasteiger partial charge < -0.3 is 9.47 Å². The molecule has 1 heterocycles. The Balaban J connectivity index is 2.26. The van der Waals surface area contributed by atoms with Gasteiger partial charge in [0.2, 0.25) is 0 Å². The molecule has 0 fully saturated rings. The topological polar surface area (TPSA) is 31.4 Å². The van der Waals surface area contributed by atoms with E-state index in [2.05, 4.69) is 11.1 Å². The highest BCUT2D eigenvalue weighted by Crippen LogP contribution is 2.23. The molecule has 0 atom stereocenters. The van der Waals surface area contributed by atoms with Gasteiger partial charge >= 0.3 is 0 Å². The van der Waals surface area contributed by atoms with Crippen molar-refractivity contribution in [1.29, 1.82) is 0 Å². The van der Waals surface area contributed by atoms with Gasteiger partial charge in [-0.2, -0.15) is 0 Å². The summed E-state index contributed by atoms with van der Waals surface area (Å²) in [6, 6.07) is 9.88. The van der Waals surface area contributed by atoms with Crippen LogP contribution in [0.15, 0.2) is 42.7 Å². The van der Waals surface area contributed by atoms with E-state index in [4.69, 9.17) is 9.47 Å². The van der Waals surface area contributed by atoms with E-state index < -0.39 is 0 Å². The zero-order valence-corrected chi connectivity index (χ0v) is 10.0. The highest BCUT2D eigenvalue weighted by Gasteiger charge is 2.02. The molecule has 3 heteroatoms. The van der Waals surface area contributed by atoms with Crippen LogP contribution in [0.2, 0.25) is 0 Å². The molecule has 88 valence electrons. The van der Waals surface area contributed by atoms with Crippen LogP contribution >= 0.6 is 0 Å². The van der Waals surface area contributed by atoms with Crippen LogP contribution in [0.3, 0.4) is 0 Å². The summed E-state index contributed by atoms with van der Waals surface area (Å²) in [5.41, 5.74) is 2.32. The lowest BCUT2D eigenvalue weighted by Crippen LogP contribution is -1.93. The van der Waals surface area contributed by atoms with Crippen LogP contribution in [0.25, 0.3) is 0 Å². The molecule has 0 unspecified atom stereocenters. The Hall–Kier alpha value is -2.03. The maximum atomic E-state index is 5.24. The van der Waals surface area contributed by atoms with Gasteiger partial charge in [0.15, 0.2) is 0 Å². The maximum Gasteiger partial charge on any atom is 0.122 e. The fourth-order valence-electron chi connectivity index (χ4n) is 1.71. The number of aromatic nitrogens is 1. The summed E-state index contributed by atoms with van der Waals surface area (Å²) in [5.74, 6) is 1.62. The lowest BCUT2D eigenvalue weighted by Gasteiger charge is -2.08. The summed E-state index contributed by atoms with van der Waals surface area (Å²) in [6.07, 6.45) is 4.46. The number of methoxy groups -OCH3 is 2. The Morgan fingerprint density at radius 2 is 1.71 bits per heavy atom. The Bertz CT molecular complexity index is 461. The van der Waals surface area contributed by atoms with Crippen LogP contribution in [0.5, 0.6) is 11.5 Å². The van der Waals surface area contributed by atoms with Gasteiger partial charge in [0.1, 0.15) is 11.5 Å². The zero-order chi connectivity index (χ0) is 12.1. The molecule has 0 bridgehead atoms. The number of hydrogen-bond acceptors (Lipinski definition) is 3. The van der Waals surface area contributed by atoms with Gasteiger partial charge in [0.25, 0.3) is 0 Å². The number of hydrogen-bond donors (Lipinski definition) is 0. The Morgan fingerprint density at radius 3 is 2.24 bits per heavy atom. The summed E-state index contributed by atoms with van der Waals surface area (Å²) in [5, 5.41) is 0. The minimum Gasteiger partial charge on any atom is -0.497 e. The van der Waals surface area contributed by atoms with Crippen molar-refractivity contribution in [1.82, 2.24) is 4.98 Å². The third-order valence-corrected chi connectivity index (χ3v) is 2.54. The predicted molar refractivity (Wildman–Crippen MR) is 66.6 cm³/mol. The molecule has 0 aliphatic rings. The van der Waals surface area contributed by atoms with E-state index in [-0.39, 0.29) is 0 Å². The standard InChI is InChI=1S/C14H15NO2/c1-16-13-7-12(8-14(9-13)17-2)6-11-4-3-5-15-10-11/h3-5,7-10H,6H2,1-2H3. The Morgan fingerprint density at radius 1 is 1.00 bits per heavy atom. The van der Waals surface area contributed by atoms with Gasteiger partial charge in [-0.15, -0.1) is 0 Å². The molecule has 2 aromatic rings. The second-order valence-corrected chi connectivity index (χ2v) is 3.76. The van der Waals surface area contributed by atoms with E-state index in [0.717, 1.165) is 23.5 Å². The first-order valence-electron chi connectivity index (χ1n) is 5.42. The third kappa shape index (κ3) is 2.97. The van der Waals surface area contributed by atoms with Crippen LogP contribution in [0, 0.1) is 0 Å². The van der Waals surface area contributed by atoms with Crippen molar-refractivity contribution >= 4 is 0 Å². The third-order valence-electron chi connectivity index (χ3n) is 2.54. The van der Waals surface area contributed by atoms with E-state index in [1.807, 2.05) is 30.5 Å². The number of nitrogens with zero attached hydrogens (tertiary/aromatic N) is 1. The van der Waals surface area contributed by atoms with Crippen molar-refractivity contribution in [2.24, 2.45) is 0 Å². The minimum atomic E-state index is 0.809. The molecule has 0 radical (unpaired) electrons. The molecule has 1 aromatic heterocycles. The number of pyridine rings is 1. The van der Waals surface area contributed by atoms with Crippen molar-refractivity contribution in [3.8, 4) is 11.5 Å². The average molecular weight is 229 g/mol. The summed E-state index contributed by atoms with van der Waals surface area (Å²) in [4.78, 5) is 4.10. The van der Waals surface area contributed by atoms with Crippen molar-refractivity contribution in [2.75, 3.05) is 14.2 Å². The molecule has 2 rings (SSSR count). The zero-order valence-electron chi connectivity index (χ0n) is 10.0. The Labute approximate surface area is 101 Å². The SMILES string of the molecule is COc1cc(Cc2cccnc2)cc(OC)c1. The molecule has 3 nitrogen and oxygen atoms in total. The van der Waals surface area contributed by atoms with E-state index in [0.29, 0.717) is 0 Å². The monoisotopic (exact) mass is 229 g/mol. The molecule has 0 aliphatic heterocycles. The molecule has 0 saturated carbocycles. The fourth-order valence-corrected chi connectivity index (χ4v) is 1.71. The quantitative estimate of drug-likeness (QED) is 0.807. The average Bonchev–Trinajstić information content (AvgIpc) is 2.39. The number of benzene rings is 1. The molecular formula is C14H15NO2. The smallest absolute Gasteiger partial charge is 0.122 e. The van der Waals surface area contributed by atoms with Crippen LogP contribution in [0.4, 0.5) is 0 Å². The fraction of sp³-hybridized carbons (Fsp3) is 0.214. The largest absolute Gasteiger partial charge is 0.497 e. The van der Waals surface area contributed by atoms with Gasteiger partial charge in [0.05, 0.1) is 14.2 Å². The normalized spacial score (nSPS) is 10.0. The molecule has 0 spiro atoms. The van der Waals surface area contributed by atoms with E-state index >= 15 is 0 Å². The first-order valence-corrected chi connectivity index (χ1v) is 5.42. The second kappa shape index (κ2) is 5.34. The molecule has 0 saturated heterocycles. The van der Waals surface area contributed by atoms with Crippen molar-refractivity contribution < 1.29 is 9.47 Å². The summed E-state index contributed by atoms with van der Waals surface area (Å²) < 4.78 is 10.5. The van der Waals surface area contributed by atoms with E-state index in [1.54, 1.807) is 20.4 Å². The highest BCUT2D eigenvalue weighted by atomic mass is 16.5. The van der Waals surface area contributed by atoms with Crippen LogP contribution in [-0.4, -0.2) is 19.2 Å². The van der Waals surface area contributed by atoms with Crippen LogP contribution < -0.4 is 9.47 Å². The van der Waals surface area contributed by atoms with E-state index in [1.165, 1.54) is 5.56 Å². The molecule has 17 heavy (non-hydrogen) atoms. The molecule has 0 N–H and O–H groups in total. The lowest BCUT2D eigenvalue weighted by molar-refractivity contribution is 0.393. The van der Waals surface area contributed by atoms with Crippen molar-refractivity contribution in [2.45, 2.75) is 6.42 Å². The van der Waals surface area contributed by atoms with Crippen LogP contribution in [-0.2, 0) is 6.42 Å². The van der Waals surface area contributed by atoms with Crippen molar-refractivity contribution in [3.63, 3.8) is 0 Å². The summed E-state index contributed by atoms with van der Waals surface area (Å²) in [7, 11) is 3.31. The highest BCUT2D eigenvalue weighted by molar-refractivity contribution is 5.40. The molecule has 0 amide bonds. The maximum absolute atomic E-state index is 5.24. The predicted octanol–water partition coefficient (Wildman–Crippen LogP) is 2.69. The van der Waals surface area contributed by atoms with Gasteiger partial charge in [-0.05, 0) is 35.7 Å². The first kappa shape index (κ1) is 11.5. The Kier molecular flexibility index (Phi) is 3.60. The molecule has 1 aromatic carbocycles. The summed E-state index contributed by atoms with van der Waals surface area (Å²) >= 11 is 0. The number of ether oxygens (including phenoxy) is 2. The van der Waals surface area contributed by atoms with Crippen molar-refractivity contribution in [3.05, 3.63) is 53.9 Å². The minimum absolute atomic E-state index is 0.809. The number of rotatable bonds is 4. The lowest BCUT2D eigenvalue weighted by atomic mass is 10.1. The van der Waals surface area contributed by atoms with Gasteiger partial charge in [-0.25, -0.2) is 0 Å². The van der Waals surface area contributed by atoms with Gasteiger partial charge in [-0.3, -0.25) is 4.98 Å². The van der Waals surface area contributed by atoms with E-state index in [9.17, 15) is 0 Å². The van der Waals surface area contributed by atoms with Gasteiger partial charge in [-0.1, -0.05) is 6.07 Å². The molecular weight excluding hydrogens is 214 g/mol. The second-order valence-electron chi connectivity index (χ2n) is 3.76. The summed E-state index contributed by atoms with van der Waals surface area (Å²) in [6.45, 7) is 0.